The van der Waals surface area contributed by atoms with Crippen molar-refractivity contribution in [2.75, 3.05) is 59.0 Å². The summed E-state index contributed by atoms with van der Waals surface area (Å²) >= 11 is 0. The highest BCUT2D eigenvalue weighted by Crippen LogP contribution is 2.46. The van der Waals surface area contributed by atoms with E-state index in [-0.39, 0.29) is 30.8 Å². The lowest BCUT2D eigenvalue weighted by atomic mass is 9.77. The predicted octanol–water partition coefficient (Wildman–Crippen LogP) is 3.63. The number of aliphatic hydroxyl groups excluding tert-OH is 3. The Balaban J connectivity index is 1.09. The van der Waals surface area contributed by atoms with Crippen LogP contribution < -0.4 is 10.6 Å². The largest absolute Gasteiger partial charge is 0.459 e. The fourth-order valence-corrected chi connectivity index (χ4v) is 12.9. The molecule has 19 nitrogen and oxygen atoms in total. The number of nitrogens with zero attached hydrogens (tertiary/aromatic N) is 6. The average Bonchev–Trinajstić information content (AvgIpc) is 3.69. The van der Waals surface area contributed by atoms with E-state index in [9.17, 15) is 34.7 Å². The third kappa shape index (κ3) is 13.2. The molecule has 0 radical (unpaired) electrons. The molecule has 0 unspecified atom stereocenters. The summed E-state index contributed by atoms with van der Waals surface area (Å²) in [7, 11) is 5.31. The van der Waals surface area contributed by atoms with Gasteiger partial charge in [0.1, 0.15) is 42.7 Å². The lowest BCUT2D eigenvalue weighted by Crippen LogP contribution is -2.60. The lowest BCUT2D eigenvalue weighted by molar-refractivity contribution is -0.310. The van der Waals surface area contributed by atoms with Gasteiger partial charge in [0.2, 0.25) is 0 Å². The summed E-state index contributed by atoms with van der Waals surface area (Å²) in [6.07, 6.45) is -6.79. The first-order chi connectivity index (χ1) is 35.3. The highest BCUT2D eigenvalue weighted by Gasteiger charge is 2.54. The van der Waals surface area contributed by atoms with Crippen LogP contribution in [0.15, 0.2) is 30.5 Å². The molecule has 23 atom stereocenters. The van der Waals surface area contributed by atoms with Crippen LogP contribution >= 0.6 is 0 Å². The van der Waals surface area contributed by atoms with Gasteiger partial charge in [-0.1, -0.05) is 45.0 Å². The number of rotatable bonds is 15. The number of nitrogens with two attached hydrogens (primary N) is 1. The second kappa shape index (κ2) is 24.6. The Kier molecular flexibility index (Phi) is 19.6. The predicted molar refractivity (Wildman–Crippen MR) is 279 cm³/mol. The number of hydrogen-bond donors (Lipinski definition) is 6. The number of fused-ring (bicyclic) bond motifs is 1. The van der Waals surface area contributed by atoms with E-state index in [2.05, 4.69) is 27.3 Å². The number of aromatic nitrogens is 3. The van der Waals surface area contributed by atoms with Crippen LogP contribution in [0.4, 0.5) is 10.1 Å². The molecule has 1 aromatic carbocycles. The summed E-state index contributed by atoms with van der Waals surface area (Å²) in [5.74, 6) is -1.79. The van der Waals surface area contributed by atoms with Crippen LogP contribution in [0.5, 0.6) is 0 Å². The van der Waals surface area contributed by atoms with Gasteiger partial charge in [0.05, 0.1) is 47.7 Å². The lowest BCUT2D eigenvalue weighted by Gasteiger charge is -2.48. The monoisotopic (exact) mass is 1060 g/mol. The number of hydrogen-bond acceptors (Lipinski definition) is 18. The second-order valence-corrected chi connectivity index (χ2v) is 23.9. The number of carbonyl (C=O) groups excluding carboxylic acids is 1. The molecule has 7 rings (SSSR count). The first kappa shape index (κ1) is 59.7. The Labute approximate surface area is 444 Å². The zero-order valence-electron chi connectivity index (χ0n) is 46.8. The van der Waals surface area contributed by atoms with Gasteiger partial charge in [0.25, 0.3) is 0 Å². The molecule has 0 bridgehead atoms. The number of halogens is 1. The van der Waals surface area contributed by atoms with Crippen LogP contribution in [0.25, 0.3) is 0 Å². The van der Waals surface area contributed by atoms with Crippen LogP contribution in [0.2, 0.25) is 0 Å². The Morgan fingerprint density at radius 1 is 0.960 bits per heavy atom. The summed E-state index contributed by atoms with van der Waals surface area (Å²) in [6, 6.07) is 6.57. The number of piperidine rings is 1. The van der Waals surface area contributed by atoms with Crippen molar-refractivity contribution in [1.82, 2.24) is 24.8 Å². The molecule has 75 heavy (non-hydrogen) atoms. The van der Waals surface area contributed by atoms with E-state index in [0.29, 0.717) is 55.9 Å². The number of methoxy groups -OCH3 is 1. The van der Waals surface area contributed by atoms with E-state index in [1.807, 2.05) is 63.7 Å². The molecule has 4 saturated heterocycles. The number of ether oxygens (including phenoxy) is 6. The summed E-state index contributed by atoms with van der Waals surface area (Å²) < 4.78 is 54.8. The van der Waals surface area contributed by atoms with Gasteiger partial charge < -0.3 is 74.4 Å². The summed E-state index contributed by atoms with van der Waals surface area (Å²) in [6.45, 7) is 19.8. The standard InChI is InChI=1S/C55H92FN7O12/c1-14-43-55(10,69)50(66)34(7)61(12)25-29(2)23-54(9,68)51(32(5)48(33(6)52(67)73-43)74-44-21-30(3)46(64)35(8)72-44)75-53-47(65)41(22-31(4)71-53)60(11)20-19-37-26-63(59-58-37)42(24-56)49(70-13)36-15-17-38(18-16-36)62-27-39-40(28-62)45(39)57/h15-18,26,29-35,39-51,53,64-66,68-69H,14,19-25,27-28,57H2,1-13H3/t29-,30+,31-,32+,33-,34-,35+,39-,40+,41+,42-,43-,44+,45+,46-,47-,48+,49-,50-,51-,53+,54-,55-/m1/s1. The van der Waals surface area contributed by atoms with Gasteiger partial charge in [0.15, 0.2) is 12.6 Å². The van der Waals surface area contributed by atoms with Crippen LogP contribution in [0.3, 0.4) is 0 Å². The number of anilines is 1. The third-order valence-corrected chi connectivity index (χ3v) is 17.9. The van der Waals surface area contributed by atoms with Crippen LogP contribution in [0.1, 0.15) is 118 Å². The maximum absolute atomic E-state index is 15.0. The normalized spacial score (nSPS) is 42.4. The zero-order valence-corrected chi connectivity index (χ0v) is 46.8. The summed E-state index contributed by atoms with van der Waals surface area (Å²) in [5.41, 5.74) is 5.28. The van der Waals surface area contributed by atoms with E-state index < -0.39 is 115 Å². The minimum atomic E-state index is -1.83. The first-order valence-electron chi connectivity index (χ1n) is 27.6. The number of likely N-dealkylation sites (N-methyl/N-ethyl adjacent to an activating group) is 2. The molecule has 2 aromatic rings. The van der Waals surface area contributed by atoms with E-state index >= 15 is 0 Å². The van der Waals surface area contributed by atoms with Crippen molar-refractivity contribution in [3.8, 4) is 0 Å². The molecule has 0 amide bonds. The number of carbonyl (C=O) groups is 1. The minimum Gasteiger partial charge on any atom is -0.459 e. The Bertz CT molecular complexity index is 2120. The maximum atomic E-state index is 15.0. The topological polar surface area (TPSA) is 240 Å². The number of aliphatic hydroxyl groups is 5. The van der Waals surface area contributed by atoms with E-state index in [0.717, 1.165) is 24.3 Å². The molecule has 5 heterocycles. The maximum Gasteiger partial charge on any atom is 0.311 e. The quantitative estimate of drug-likeness (QED) is 0.140. The Hall–Kier alpha value is -2.96. The van der Waals surface area contributed by atoms with E-state index in [4.69, 9.17) is 34.2 Å². The molecule has 20 heteroatoms. The number of cyclic esters (lactones) is 1. The molecule has 7 N–H and O–H groups in total. The molecule has 0 spiro atoms. The van der Waals surface area contributed by atoms with Crippen molar-refractivity contribution >= 4 is 11.7 Å². The van der Waals surface area contributed by atoms with Crippen LogP contribution in [-0.4, -0.2) is 201 Å². The van der Waals surface area contributed by atoms with Gasteiger partial charge in [-0.2, -0.15) is 0 Å². The SMILES string of the molecule is CC[C@H]1OC(=O)[C@H](C)[C@@H](O[C@H]2C[C@H](C)[C@@H](O)[C@H](C)O2)[C@H](C)[C@@H](O[C@@H]2O[C@H](C)C[C@H](N(C)CCc3cn([C@H](CF)[C@H](OC)c4ccc(N5C[C@@H]6[C@@H](N)[C@@H]6C5)cc4)nn3)[C@H]2O)[C@](C)(O)C[C@@H](C)CN(C)[C@H](C)[C@@H](O)[C@]1(C)O. The van der Waals surface area contributed by atoms with Crippen molar-refractivity contribution in [1.29, 1.82) is 0 Å². The number of alkyl halides is 1. The van der Waals surface area contributed by atoms with Crippen molar-refractivity contribution in [2.24, 2.45) is 41.2 Å². The summed E-state index contributed by atoms with van der Waals surface area (Å²) in [5, 5.41) is 68.2. The zero-order chi connectivity index (χ0) is 55.0. The minimum absolute atomic E-state index is 0.188. The fraction of sp³-hybridized carbons (Fsp3) is 0.836. The van der Waals surface area contributed by atoms with Crippen LogP contribution in [-0.2, 0) is 39.6 Å². The smallest absolute Gasteiger partial charge is 0.311 e. The molecule has 4 aliphatic heterocycles. The van der Waals surface area contributed by atoms with Gasteiger partial charge in [-0.3, -0.25) is 4.79 Å². The van der Waals surface area contributed by atoms with Crippen molar-refractivity contribution in [2.45, 2.75) is 204 Å². The summed E-state index contributed by atoms with van der Waals surface area (Å²) in [4.78, 5) is 20.7. The molecular formula is C55H92FN7O12. The fourth-order valence-electron chi connectivity index (χ4n) is 12.9. The van der Waals surface area contributed by atoms with E-state index in [1.54, 1.807) is 47.9 Å². The van der Waals surface area contributed by atoms with E-state index in [1.165, 1.54) is 11.6 Å². The molecule has 5 aliphatic rings. The highest BCUT2D eigenvalue weighted by molar-refractivity contribution is 5.73. The third-order valence-electron chi connectivity index (χ3n) is 17.9. The second-order valence-electron chi connectivity index (χ2n) is 23.9. The molecular weight excluding hydrogens is 970 g/mol. The van der Waals surface area contributed by atoms with Gasteiger partial charge >= 0.3 is 5.97 Å². The molecule has 426 valence electrons. The van der Waals surface area contributed by atoms with Crippen molar-refractivity contribution < 1.29 is 63.1 Å². The van der Waals surface area contributed by atoms with Crippen molar-refractivity contribution in [3.05, 3.63) is 41.7 Å². The molecule has 1 aliphatic carbocycles. The number of benzene rings is 1. The Morgan fingerprint density at radius 2 is 1.63 bits per heavy atom. The van der Waals surface area contributed by atoms with Gasteiger partial charge in [-0.15, -0.1) is 5.10 Å². The van der Waals surface area contributed by atoms with Crippen molar-refractivity contribution in [3.63, 3.8) is 0 Å². The number of esters is 1. The van der Waals surface area contributed by atoms with Gasteiger partial charge in [-0.25, -0.2) is 9.07 Å². The molecule has 5 fully saturated rings. The van der Waals surface area contributed by atoms with Crippen LogP contribution in [0, 0.1) is 35.5 Å². The van der Waals surface area contributed by atoms with Gasteiger partial charge in [0, 0.05) is 82.1 Å². The van der Waals surface area contributed by atoms with Gasteiger partial charge in [-0.05, 0) is 116 Å². The first-order valence-corrected chi connectivity index (χ1v) is 27.6. The highest BCUT2D eigenvalue weighted by atomic mass is 19.1. The molecule has 1 aromatic heterocycles. The average molecular weight is 1060 g/mol. The Morgan fingerprint density at radius 3 is 2.24 bits per heavy atom. The molecule has 1 saturated carbocycles.